The van der Waals surface area contributed by atoms with Crippen LogP contribution in [-0.4, -0.2) is 33.6 Å². The number of benzene rings is 2. The van der Waals surface area contributed by atoms with Gasteiger partial charge in [0.2, 0.25) is 0 Å². The molecule has 0 saturated heterocycles. The maximum absolute atomic E-state index is 13.3. The van der Waals surface area contributed by atoms with Crippen molar-refractivity contribution in [3.63, 3.8) is 0 Å². The molecule has 0 radical (unpaired) electrons. The summed E-state index contributed by atoms with van der Waals surface area (Å²) in [6.07, 6.45) is 1.63. The summed E-state index contributed by atoms with van der Waals surface area (Å²) >= 11 is 0. The van der Waals surface area contributed by atoms with Crippen molar-refractivity contribution in [3.8, 4) is 0 Å². The number of fused-ring (bicyclic) bond motifs is 2. The molecule has 0 fully saturated rings. The molecular weight excluding hydrogens is 365 g/mol. The van der Waals surface area contributed by atoms with Crippen LogP contribution in [0.5, 0.6) is 0 Å². The Morgan fingerprint density at radius 1 is 1.14 bits per heavy atom. The fourth-order valence-electron chi connectivity index (χ4n) is 3.50. The quantitative estimate of drug-likeness (QED) is 0.799. The van der Waals surface area contributed by atoms with E-state index in [1.807, 2.05) is 0 Å². The van der Waals surface area contributed by atoms with Gasteiger partial charge in [0.25, 0.3) is 11.8 Å². The molecule has 1 spiro atoms. The van der Waals surface area contributed by atoms with E-state index in [1.165, 1.54) is 24.3 Å². The van der Waals surface area contributed by atoms with Gasteiger partial charge in [0, 0.05) is 29.8 Å². The van der Waals surface area contributed by atoms with Gasteiger partial charge in [-0.05, 0) is 23.8 Å². The number of halogens is 1. The summed E-state index contributed by atoms with van der Waals surface area (Å²) in [4.78, 5) is 36.5. The van der Waals surface area contributed by atoms with E-state index < -0.39 is 29.1 Å². The molecule has 0 aliphatic carbocycles. The predicted molar refractivity (Wildman–Crippen MR) is 97.9 cm³/mol. The van der Waals surface area contributed by atoms with Crippen LogP contribution in [0.2, 0.25) is 0 Å². The number of carboxylic acid groups (broad SMARTS) is 1. The van der Waals surface area contributed by atoms with Crippen LogP contribution < -0.4 is 5.32 Å². The van der Waals surface area contributed by atoms with E-state index in [0.29, 0.717) is 28.6 Å². The van der Waals surface area contributed by atoms with Crippen LogP contribution in [0.25, 0.3) is 0 Å². The second-order valence-electron chi connectivity index (χ2n) is 6.41. The fraction of sp³-hybridized carbons (Fsp3) is 0.100. The maximum atomic E-state index is 13.3. The Kier molecular flexibility index (Phi) is 4.03. The van der Waals surface area contributed by atoms with E-state index >= 15 is 0 Å². The molecule has 1 atom stereocenters. The van der Waals surface area contributed by atoms with E-state index in [2.05, 4.69) is 10.4 Å². The summed E-state index contributed by atoms with van der Waals surface area (Å²) in [5.41, 5.74) is 0.681. The molecule has 0 aromatic heterocycles. The molecule has 4 rings (SSSR count). The van der Waals surface area contributed by atoms with Gasteiger partial charge in [-0.3, -0.25) is 9.59 Å². The van der Waals surface area contributed by atoms with Crippen LogP contribution in [0.3, 0.4) is 0 Å². The molecular formula is C20H14FN3O4. The number of carboxylic acids is 1. The molecule has 140 valence electrons. The second-order valence-corrected chi connectivity index (χ2v) is 6.41. The SMILES string of the molecule is O=C(O)/C=C/C(=O)N1N=C(c2ccc(F)cc2)C[C@]12C(=O)Nc1ccccc12. The molecule has 2 N–H and O–H groups in total. The lowest BCUT2D eigenvalue weighted by molar-refractivity contribution is -0.140. The highest BCUT2D eigenvalue weighted by Crippen LogP contribution is 2.47. The monoisotopic (exact) mass is 379 g/mol. The topological polar surface area (TPSA) is 99.1 Å². The predicted octanol–water partition coefficient (Wildman–Crippen LogP) is 2.25. The summed E-state index contributed by atoms with van der Waals surface area (Å²) in [6.45, 7) is 0. The number of hydrogen-bond acceptors (Lipinski definition) is 4. The first-order chi connectivity index (χ1) is 13.4. The minimum Gasteiger partial charge on any atom is -0.478 e. The zero-order chi connectivity index (χ0) is 19.9. The van der Waals surface area contributed by atoms with Crippen molar-refractivity contribution in [2.24, 2.45) is 5.10 Å². The molecule has 28 heavy (non-hydrogen) atoms. The third-order valence-electron chi connectivity index (χ3n) is 4.76. The molecule has 2 heterocycles. The van der Waals surface area contributed by atoms with Crippen LogP contribution in [0.15, 0.2) is 65.8 Å². The average Bonchev–Trinajstić information content (AvgIpc) is 3.21. The summed E-state index contributed by atoms with van der Waals surface area (Å²) in [5.74, 6) is -2.89. The maximum Gasteiger partial charge on any atom is 0.328 e. The number of carbonyl (C=O) groups excluding carboxylic acids is 2. The number of nitrogens with one attached hydrogen (secondary N) is 1. The first-order valence-electron chi connectivity index (χ1n) is 8.41. The number of aliphatic carboxylic acids is 1. The molecule has 2 aliphatic rings. The van der Waals surface area contributed by atoms with E-state index in [1.54, 1.807) is 24.3 Å². The Bertz CT molecular complexity index is 1060. The van der Waals surface area contributed by atoms with Gasteiger partial charge in [0.15, 0.2) is 5.54 Å². The van der Waals surface area contributed by atoms with Gasteiger partial charge in [0.05, 0.1) is 5.71 Å². The normalized spacial score (nSPS) is 20.4. The lowest BCUT2D eigenvalue weighted by atomic mass is 9.85. The number of hydrazone groups is 1. The smallest absolute Gasteiger partial charge is 0.328 e. The highest BCUT2D eigenvalue weighted by atomic mass is 19.1. The minimum absolute atomic E-state index is 0.0775. The van der Waals surface area contributed by atoms with Gasteiger partial charge in [-0.1, -0.05) is 30.3 Å². The summed E-state index contributed by atoms with van der Waals surface area (Å²) in [5, 5.41) is 16.9. The first kappa shape index (κ1) is 17.6. The largest absolute Gasteiger partial charge is 0.478 e. The molecule has 0 bridgehead atoms. The van der Waals surface area contributed by atoms with Crippen LogP contribution >= 0.6 is 0 Å². The number of anilines is 1. The molecule has 8 heteroatoms. The Balaban J connectivity index is 1.84. The number of nitrogens with zero attached hydrogens (tertiary/aromatic N) is 2. The van der Waals surface area contributed by atoms with Gasteiger partial charge in [-0.25, -0.2) is 14.2 Å². The Morgan fingerprint density at radius 3 is 2.57 bits per heavy atom. The number of carbonyl (C=O) groups is 3. The molecule has 0 saturated carbocycles. The van der Waals surface area contributed by atoms with Crippen LogP contribution in [-0.2, 0) is 19.9 Å². The number of amides is 2. The zero-order valence-corrected chi connectivity index (χ0v) is 14.4. The van der Waals surface area contributed by atoms with Crippen molar-refractivity contribution in [1.29, 1.82) is 0 Å². The van der Waals surface area contributed by atoms with Crippen molar-refractivity contribution in [2.75, 3.05) is 5.32 Å². The third-order valence-corrected chi connectivity index (χ3v) is 4.76. The van der Waals surface area contributed by atoms with Gasteiger partial charge in [-0.2, -0.15) is 5.10 Å². The molecule has 7 nitrogen and oxygen atoms in total. The first-order valence-corrected chi connectivity index (χ1v) is 8.41. The van der Waals surface area contributed by atoms with Crippen molar-refractivity contribution in [2.45, 2.75) is 12.0 Å². The summed E-state index contributed by atoms with van der Waals surface area (Å²) in [7, 11) is 0. The standard InChI is InChI=1S/C20H14FN3O4/c21-13-7-5-12(6-8-13)16-11-20(24(23-16)17(25)9-10-18(26)27)14-3-1-2-4-15(14)22-19(20)28/h1-10H,11H2,(H,22,28)(H,26,27)/b10-9+/t20-/m0/s1. The third kappa shape index (κ3) is 2.66. The van der Waals surface area contributed by atoms with Gasteiger partial charge < -0.3 is 10.4 Å². The van der Waals surface area contributed by atoms with E-state index in [-0.39, 0.29) is 6.42 Å². The molecule has 2 aliphatic heterocycles. The van der Waals surface area contributed by atoms with Gasteiger partial charge >= 0.3 is 5.97 Å². The lowest BCUT2D eigenvalue weighted by Crippen LogP contribution is -2.48. The summed E-state index contributed by atoms with van der Waals surface area (Å²) < 4.78 is 13.3. The number of hydrogen-bond donors (Lipinski definition) is 2. The zero-order valence-electron chi connectivity index (χ0n) is 14.4. The van der Waals surface area contributed by atoms with E-state index in [0.717, 1.165) is 11.1 Å². The van der Waals surface area contributed by atoms with Gasteiger partial charge in [0.1, 0.15) is 5.82 Å². The van der Waals surface area contributed by atoms with Crippen molar-refractivity contribution < 1.29 is 23.9 Å². The Hall–Kier alpha value is -3.81. The molecule has 2 aromatic carbocycles. The fourth-order valence-corrected chi connectivity index (χ4v) is 3.50. The van der Waals surface area contributed by atoms with Crippen molar-refractivity contribution in [3.05, 3.63) is 77.6 Å². The highest BCUT2D eigenvalue weighted by Gasteiger charge is 2.57. The molecule has 0 unspecified atom stereocenters. The van der Waals surface area contributed by atoms with Crippen LogP contribution in [0.1, 0.15) is 17.5 Å². The number of rotatable bonds is 3. The van der Waals surface area contributed by atoms with E-state index in [9.17, 15) is 18.8 Å². The lowest BCUT2D eigenvalue weighted by Gasteiger charge is -2.29. The van der Waals surface area contributed by atoms with E-state index in [4.69, 9.17) is 5.11 Å². The molecule has 2 aromatic rings. The summed E-state index contributed by atoms with van der Waals surface area (Å²) in [6, 6.07) is 12.5. The Labute approximate surface area is 158 Å². The Morgan fingerprint density at radius 2 is 1.86 bits per heavy atom. The minimum atomic E-state index is -1.43. The van der Waals surface area contributed by atoms with Crippen LogP contribution in [0, 0.1) is 5.82 Å². The average molecular weight is 379 g/mol. The van der Waals surface area contributed by atoms with Crippen LogP contribution in [0.4, 0.5) is 10.1 Å². The second kappa shape index (κ2) is 6.41. The van der Waals surface area contributed by atoms with Crippen molar-refractivity contribution in [1.82, 2.24) is 5.01 Å². The van der Waals surface area contributed by atoms with Crippen molar-refractivity contribution >= 4 is 29.2 Å². The number of para-hydroxylation sites is 1. The molecule has 2 amide bonds. The highest BCUT2D eigenvalue weighted by molar-refractivity contribution is 6.15. The van der Waals surface area contributed by atoms with Gasteiger partial charge in [-0.15, -0.1) is 0 Å².